The monoisotopic (exact) mass is 375 g/mol. The molecule has 3 rings (SSSR count). The number of hydrogen-bond acceptors (Lipinski definition) is 4. The van der Waals surface area contributed by atoms with E-state index in [4.69, 9.17) is 0 Å². The molecule has 8 heteroatoms. The molecule has 3 heterocycles. The van der Waals surface area contributed by atoms with Crippen molar-refractivity contribution >= 4 is 17.7 Å². The Morgan fingerprint density at radius 2 is 1.78 bits per heavy atom. The lowest BCUT2D eigenvalue weighted by Gasteiger charge is -2.28. The van der Waals surface area contributed by atoms with E-state index in [1.54, 1.807) is 9.58 Å². The van der Waals surface area contributed by atoms with Gasteiger partial charge in [-0.15, -0.1) is 0 Å². The maximum atomic E-state index is 12.8. The topological polar surface area (TPSA) is 87.5 Å². The molecule has 1 aromatic rings. The maximum Gasteiger partial charge on any atom is 0.274 e. The first kappa shape index (κ1) is 19.4. The second-order valence-corrected chi connectivity index (χ2v) is 7.68. The van der Waals surface area contributed by atoms with Crippen LogP contribution in [0.3, 0.4) is 0 Å². The molecule has 0 spiro atoms. The van der Waals surface area contributed by atoms with Crippen LogP contribution in [-0.2, 0) is 29.6 Å². The highest BCUT2D eigenvalue weighted by Gasteiger charge is 2.31. The number of fused-ring (bicyclic) bond motifs is 1. The summed E-state index contributed by atoms with van der Waals surface area (Å²) in [5.74, 6) is -0.194. The van der Waals surface area contributed by atoms with Gasteiger partial charge in [0.05, 0.1) is 0 Å². The van der Waals surface area contributed by atoms with Gasteiger partial charge in [0.15, 0.2) is 5.69 Å². The molecule has 0 bridgehead atoms. The molecule has 1 N–H and O–H groups in total. The molecule has 148 valence electrons. The smallest absolute Gasteiger partial charge is 0.274 e. The van der Waals surface area contributed by atoms with Crippen LogP contribution in [0.25, 0.3) is 0 Å². The highest BCUT2D eigenvalue weighted by atomic mass is 16.2. The number of carbonyl (C=O) groups is 3. The average molecular weight is 375 g/mol. The zero-order chi connectivity index (χ0) is 19.6. The van der Waals surface area contributed by atoms with E-state index in [-0.39, 0.29) is 36.6 Å². The van der Waals surface area contributed by atoms with Gasteiger partial charge in [-0.3, -0.25) is 19.1 Å². The summed E-state index contributed by atoms with van der Waals surface area (Å²) in [5, 5.41) is 7.26. The minimum Gasteiger partial charge on any atom is -0.354 e. The first-order valence-electron chi connectivity index (χ1n) is 9.78. The molecule has 2 aliphatic heterocycles. The average Bonchev–Trinajstić information content (AvgIpc) is 3.27. The predicted molar refractivity (Wildman–Crippen MR) is 100.0 cm³/mol. The largest absolute Gasteiger partial charge is 0.354 e. The van der Waals surface area contributed by atoms with E-state index in [0.29, 0.717) is 25.2 Å². The summed E-state index contributed by atoms with van der Waals surface area (Å²) in [7, 11) is 1.85. The number of rotatable bonds is 5. The Hall–Kier alpha value is -2.38. The Labute approximate surface area is 159 Å². The minimum absolute atomic E-state index is 0.0324. The lowest BCUT2D eigenvalue weighted by Crippen LogP contribution is -2.38. The molecular formula is C19H29N5O3. The number of nitrogens with zero attached hydrogens (tertiary/aromatic N) is 4. The molecule has 0 aliphatic carbocycles. The SMILES string of the molecule is CC(C)NC(=O)CCC(=O)N1CCc2c(c(C(=O)N3CCCC3)nn2C)C1. The van der Waals surface area contributed by atoms with Crippen LogP contribution >= 0.6 is 0 Å². The summed E-state index contributed by atoms with van der Waals surface area (Å²) >= 11 is 0. The molecule has 2 aliphatic rings. The standard InChI is InChI=1S/C19H29N5O3/c1-13(2)20-16(25)6-7-17(26)24-11-8-15-14(12-24)18(21-22(15)3)19(27)23-9-4-5-10-23/h13H,4-12H2,1-3H3,(H,20,25). The summed E-state index contributed by atoms with van der Waals surface area (Å²) in [6.07, 6.45) is 3.11. The van der Waals surface area contributed by atoms with Gasteiger partial charge in [-0.25, -0.2) is 0 Å². The Morgan fingerprint density at radius 3 is 2.44 bits per heavy atom. The molecule has 0 atom stereocenters. The van der Waals surface area contributed by atoms with Gasteiger partial charge in [-0.1, -0.05) is 0 Å². The van der Waals surface area contributed by atoms with E-state index < -0.39 is 0 Å². The van der Waals surface area contributed by atoms with Crippen molar-refractivity contribution in [2.75, 3.05) is 19.6 Å². The van der Waals surface area contributed by atoms with E-state index in [1.165, 1.54) is 0 Å². The summed E-state index contributed by atoms with van der Waals surface area (Å²) in [6, 6.07) is 0.0692. The van der Waals surface area contributed by atoms with E-state index in [0.717, 1.165) is 37.2 Å². The van der Waals surface area contributed by atoms with Crippen LogP contribution in [0, 0.1) is 0 Å². The summed E-state index contributed by atoms with van der Waals surface area (Å²) < 4.78 is 1.77. The van der Waals surface area contributed by atoms with Crippen molar-refractivity contribution in [3.8, 4) is 0 Å². The molecule has 1 saturated heterocycles. The predicted octanol–water partition coefficient (Wildman–Crippen LogP) is 0.846. The van der Waals surface area contributed by atoms with Crippen LogP contribution in [0.5, 0.6) is 0 Å². The van der Waals surface area contributed by atoms with Gasteiger partial charge in [0.2, 0.25) is 11.8 Å². The Balaban J connectivity index is 1.67. The number of amides is 3. The van der Waals surface area contributed by atoms with E-state index in [9.17, 15) is 14.4 Å². The Morgan fingerprint density at radius 1 is 1.07 bits per heavy atom. The number of hydrogen-bond donors (Lipinski definition) is 1. The Kier molecular flexibility index (Phi) is 5.82. The third kappa shape index (κ3) is 4.31. The number of carbonyl (C=O) groups excluding carboxylic acids is 3. The normalized spacial score (nSPS) is 16.6. The molecule has 0 radical (unpaired) electrons. The third-order valence-corrected chi connectivity index (χ3v) is 5.21. The molecule has 0 unspecified atom stereocenters. The second-order valence-electron chi connectivity index (χ2n) is 7.68. The van der Waals surface area contributed by atoms with E-state index in [2.05, 4.69) is 10.4 Å². The van der Waals surface area contributed by atoms with Crippen molar-refractivity contribution in [2.45, 2.75) is 58.5 Å². The van der Waals surface area contributed by atoms with Gasteiger partial charge in [-0.05, 0) is 26.7 Å². The van der Waals surface area contributed by atoms with Gasteiger partial charge in [-0.2, -0.15) is 5.10 Å². The molecule has 1 aromatic heterocycles. The Bertz CT molecular complexity index is 734. The minimum atomic E-state index is -0.109. The number of nitrogens with one attached hydrogen (secondary N) is 1. The van der Waals surface area contributed by atoms with E-state index >= 15 is 0 Å². The van der Waals surface area contributed by atoms with Gasteiger partial charge < -0.3 is 15.1 Å². The molecule has 1 fully saturated rings. The third-order valence-electron chi connectivity index (χ3n) is 5.21. The number of aromatic nitrogens is 2. The molecule has 0 aromatic carbocycles. The number of likely N-dealkylation sites (tertiary alicyclic amines) is 1. The van der Waals surface area contributed by atoms with Crippen molar-refractivity contribution < 1.29 is 14.4 Å². The van der Waals surface area contributed by atoms with E-state index in [1.807, 2.05) is 25.8 Å². The molecule has 8 nitrogen and oxygen atoms in total. The second kappa shape index (κ2) is 8.10. The highest BCUT2D eigenvalue weighted by molar-refractivity contribution is 5.94. The molecule has 27 heavy (non-hydrogen) atoms. The zero-order valence-electron chi connectivity index (χ0n) is 16.5. The summed E-state index contributed by atoms with van der Waals surface area (Å²) in [4.78, 5) is 40.8. The van der Waals surface area contributed by atoms with Crippen molar-refractivity contribution in [3.05, 3.63) is 17.0 Å². The fourth-order valence-electron chi connectivity index (χ4n) is 3.82. The lowest BCUT2D eigenvalue weighted by molar-refractivity contribution is -0.134. The van der Waals surface area contributed by atoms with Gasteiger partial charge >= 0.3 is 0 Å². The zero-order valence-corrected chi connectivity index (χ0v) is 16.5. The van der Waals surface area contributed by atoms with Crippen LogP contribution < -0.4 is 5.32 Å². The van der Waals surface area contributed by atoms with Crippen LogP contribution in [0.2, 0.25) is 0 Å². The van der Waals surface area contributed by atoms with Gasteiger partial charge in [0, 0.05) is 69.8 Å². The highest BCUT2D eigenvalue weighted by Crippen LogP contribution is 2.25. The molecule has 3 amide bonds. The number of aryl methyl sites for hydroxylation is 1. The fraction of sp³-hybridized carbons (Fsp3) is 0.684. The van der Waals surface area contributed by atoms with Gasteiger partial charge in [0.1, 0.15) is 0 Å². The van der Waals surface area contributed by atoms with Crippen molar-refractivity contribution in [3.63, 3.8) is 0 Å². The van der Waals surface area contributed by atoms with Crippen molar-refractivity contribution in [2.24, 2.45) is 7.05 Å². The maximum absolute atomic E-state index is 12.8. The van der Waals surface area contributed by atoms with Crippen LogP contribution in [0.1, 0.15) is 61.3 Å². The van der Waals surface area contributed by atoms with Crippen LogP contribution in [-0.4, -0.2) is 63.0 Å². The lowest BCUT2D eigenvalue weighted by atomic mass is 10.0. The van der Waals surface area contributed by atoms with Crippen LogP contribution in [0.4, 0.5) is 0 Å². The molecular weight excluding hydrogens is 346 g/mol. The summed E-state index contributed by atoms with van der Waals surface area (Å²) in [5.41, 5.74) is 2.37. The molecule has 0 saturated carbocycles. The first-order chi connectivity index (χ1) is 12.9. The fourth-order valence-corrected chi connectivity index (χ4v) is 3.82. The van der Waals surface area contributed by atoms with Crippen molar-refractivity contribution in [1.82, 2.24) is 24.9 Å². The van der Waals surface area contributed by atoms with Crippen molar-refractivity contribution in [1.29, 1.82) is 0 Å². The quantitative estimate of drug-likeness (QED) is 0.826. The van der Waals surface area contributed by atoms with Crippen LogP contribution in [0.15, 0.2) is 0 Å². The van der Waals surface area contributed by atoms with Gasteiger partial charge in [0.25, 0.3) is 5.91 Å². The summed E-state index contributed by atoms with van der Waals surface area (Å²) in [6.45, 7) is 6.33. The first-order valence-corrected chi connectivity index (χ1v) is 9.78.